The molecule has 1 N–H and O–H groups in total. The van der Waals surface area contributed by atoms with Crippen LogP contribution >= 0.6 is 0 Å². The van der Waals surface area contributed by atoms with E-state index in [1.54, 1.807) is 0 Å². The summed E-state index contributed by atoms with van der Waals surface area (Å²) in [5.41, 5.74) is 6.73. The third kappa shape index (κ3) is 4.81. The number of hydrogen-bond acceptors (Lipinski definition) is 3. The molecule has 2 aromatic rings. The van der Waals surface area contributed by atoms with Crippen LogP contribution in [0.15, 0.2) is 36.4 Å². The number of carbonyl (C=O) groups excluding carboxylic acids is 1. The number of rotatable bonds is 7. The average molecular weight is 509 g/mol. The molecule has 1 atom stereocenters. The van der Waals surface area contributed by atoms with E-state index in [2.05, 4.69) is 43.4 Å². The molecular weight excluding hydrogens is 468 g/mol. The Morgan fingerprint density at radius 2 is 1.47 bits per heavy atom. The molecule has 4 aliphatic carbocycles. The van der Waals surface area contributed by atoms with E-state index < -0.39 is 10.0 Å². The van der Waals surface area contributed by atoms with E-state index in [0.29, 0.717) is 5.69 Å². The third-order valence-corrected chi connectivity index (χ3v) is 10.4. The van der Waals surface area contributed by atoms with E-state index in [1.807, 2.05) is 26.0 Å². The number of nitrogens with zero attached hydrogens (tertiary/aromatic N) is 1. The molecule has 36 heavy (non-hydrogen) atoms. The van der Waals surface area contributed by atoms with Gasteiger partial charge in [-0.3, -0.25) is 9.10 Å². The molecule has 0 saturated heterocycles. The molecule has 5 nitrogen and oxygen atoms in total. The number of anilines is 1. The molecule has 4 aliphatic rings. The fourth-order valence-corrected chi connectivity index (χ4v) is 8.65. The van der Waals surface area contributed by atoms with Crippen LogP contribution in [0.2, 0.25) is 0 Å². The molecule has 0 aliphatic heterocycles. The summed E-state index contributed by atoms with van der Waals surface area (Å²) in [6.07, 6.45) is 9.17. The molecular formula is C30H40N2O3S. The van der Waals surface area contributed by atoms with E-state index in [4.69, 9.17) is 0 Å². The summed E-state index contributed by atoms with van der Waals surface area (Å²) in [6.45, 7) is 7.89. The zero-order chi connectivity index (χ0) is 25.8. The molecule has 0 unspecified atom stereocenters. The molecule has 194 valence electrons. The summed E-state index contributed by atoms with van der Waals surface area (Å²) in [5, 5.41) is 3.01. The molecule has 0 heterocycles. The van der Waals surface area contributed by atoms with E-state index in [9.17, 15) is 13.2 Å². The standard InChI is InChI=1S/C30H40N2O3S/c1-19-10-21(3)28(11-20(19)2)22(4)31-29(33)18-32(36(5,34)35)27-8-6-26(7-9-27)30-15-23-12-24(16-30)14-25(13-23)17-30/h6-11,22-25H,12-18H2,1-5H3,(H,31,33)/t22-,23?,24?,25?,30?/m1/s1. The molecule has 6 heteroatoms. The lowest BCUT2D eigenvalue weighted by atomic mass is 9.48. The fraction of sp³-hybridized carbons (Fsp3) is 0.567. The van der Waals surface area contributed by atoms with E-state index in [0.717, 1.165) is 28.9 Å². The number of sulfonamides is 1. The van der Waals surface area contributed by atoms with Crippen LogP contribution in [0.25, 0.3) is 0 Å². The lowest BCUT2D eigenvalue weighted by molar-refractivity contribution is -0.120. The number of amides is 1. The highest BCUT2D eigenvalue weighted by Gasteiger charge is 2.51. The highest BCUT2D eigenvalue weighted by atomic mass is 32.2. The van der Waals surface area contributed by atoms with Crippen LogP contribution < -0.4 is 9.62 Å². The number of hydrogen-bond donors (Lipinski definition) is 1. The molecule has 0 radical (unpaired) electrons. The van der Waals surface area contributed by atoms with Gasteiger partial charge in [-0.2, -0.15) is 0 Å². The van der Waals surface area contributed by atoms with Gasteiger partial charge < -0.3 is 5.32 Å². The number of aryl methyl sites for hydroxylation is 3. The van der Waals surface area contributed by atoms with Gasteiger partial charge in [0.2, 0.25) is 15.9 Å². The highest BCUT2D eigenvalue weighted by molar-refractivity contribution is 7.92. The van der Waals surface area contributed by atoms with Gasteiger partial charge in [-0.1, -0.05) is 24.3 Å². The second kappa shape index (κ2) is 9.20. The zero-order valence-corrected chi connectivity index (χ0v) is 23.1. The molecule has 1 amide bonds. The maximum atomic E-state index is 13.0. The molecule has 0 spiro atoms. The second-order valence-corrected chi connectivity index (χ2v) is 14.0. The molecule has 6 rings (SSSR count). The molecule has 4 bridgehead atoms. The first-order chi connectivity index (χ1) is 16.9. The second-order valence-electron chi connectivity index (χ2n) is 12.1. The van der Waals surface area contributed by atoms with Gasteiger partial charge in [0.05, 0.1) is 18.0 Å². The summed E-state index contributed by atoms with van der Waals surface area (Å²) < 4.78 is 26.7. The zero-order valence-electron chi connectivity index (χ0n) is 22.3. The van der Waals surface area contributed by atoms with Crippen molar-refractivity contribution in [2.24, 2.45) is 17.8 Å². The maximum Gasteiger partial charge on any atom is 0.241 e. The lowest BCUT2D eigenvalue weighted by Crippen LogP contribution is -2.48. The van der Waals surface area contributed by atoms with Crippen LogP contribution in [0.5, 0.6) is 0 Å². The van der Waals surface area contributed by atoms with Crippen molar-refractivity contribution in [1.29, 1.82) is 0 Å². The van der Waals surface area contributed by atoms with Crippen LogP contribution in [0, 0.1) is 38.5 Å². The third-order valence-electron chi connectivity index (χ3n) is 9.22. The highest BCUT2D eigenvalue weighted by Crippen LogP contribution is 2.60. The quantitative estimate of drug-likeness (QED) is 0.520. The van der Waals surface area contributed by atoms with Crippen LogP contribution in [0.1, 0.15) is 79.3 Å². The predicted molar refractivity (Wildman–Crippen MR) is 146 cm³/mol. The van der Waals surface area contributed by atoms with Gasteiger partial charge in [-0.15, -0.1) is 0 Å². The van der Waals surface area contributed by atoms with Crippen molar-refractivity contribution in [2.75, 3.05) is 17.1 Å². The van der Waals surface area contributed by atoms with Crippen LogP contribution in [-0.2, 0) is 20.2 Å². The Labute approximate surface area is 216 Å². The normalized spacial score (nSPS) is 27.6. The van der Waals surface area contributed by atoms with E-state index in [-0.39, 0.29) is 23.9 Å². The van der Waals surface area contributed by atoms with Crippen molar-refractivity contribution in [3.05, 3.63) is 64.2 Å². The van der Waals surface area contributed by atoms with Gasteiger partial charge in [0.1, 0.15) is 6.54 Å². The molecule has 2 aromatic carbocycles. The minimum absolute atomic E-state index is 0.211. The van der Waals surface area contributed by atoms with E-state index >= 15 is 0 Å². The average Bonchev–Trinajstić information content (AvgIpc) is 2.78. The first kappa shape index (κ1) is 25.3. The Hall–Kier alpha value is -2.34. The van der Waals surface area contributed by atoms with Crippen molar-refractivity contribution < 1.29 is 13.2 Å². The molecule has 0 aromatic heterocycles. The van der Waals surface area contributed by atoms with Crippen LogP contribution in [-0.4, -0.2) is 27.1 Å². The van der Waals surface area contributed by atoms with Crippen molar-refractivity contribution in [1.82, 2.24) is 5.32 Å². The Morgan fingerprint density at radius 1 is 0.944 bits per heavy atom. The van der Waals surface area contributed by atoms with Gasteiger partial charge in [-0.25, -0.2) is 8.42 Å². The molecule has 4 saturated carbocycles. The summed E-state index contributed by atoms with van der Waals surface area (Å²) in [4.78, 5) is 13.0. The summed E-state index contributed by atoms with van der Waals surface area (Å²) in [5.74, 6) is 2.26. The minimum atomic E-state index is -3.62. The number of carbonyl (C=O) groups is 1. The van der Waals surface area contributed by atoms with Gasteiger partial charge in [0.15, 0.2) is 0 Å². The van der Waals surface area contributed by atoms with Crippen LogP contribution in [0.4, 0.5) is 5.69 Å². The largest absolute Gasteiger partial charge is 0.348 e. The Morgan fingerprint density at radius 3 is 2.00 bits per heavy atom. The van der Waals surface area contributed by atoms with Crippen LogP contribution in [0.3, 0.4) is 0 Å². The Bertz CT molecular complexity index is 1230. The van der Waals surface area contributed by atoms with Crippen molar-refractivity contribution >= 4 is 21.6 Å². The van der Waals surface area contributed by atoms with E-state index in [1.165, 1.54) is 65.8 Å². The molecule has 4 fully saturated rings. The topological polar surface area (TPSA) is 66.5 Å². The monoisotopic (exact) mass is 508 g/mol. The number of nitrogens with one attached hydrogen (secondary N) is 1. The smallest absolute Gasteiger partial charge is 0.241 e. The first-order valence-electron chi connectivity index (χ1n) is 13.4. The fourth-order valence-electron chi connectivity index (χ4n) is 7.79. The summed E-state index contributed by atoms with van der Waals surface area (Å²) in [6, 6.07) is 12.1. The van der Waals surface area contributed by atoms with Gasteiger partial charge in [0, 0.05) is 0 Å². The van der Waals surface area contributed by atoms with Gasteiger partial charge in [0.25, 0.3) is 0 Å². The Kier molecular flexibility index (Phi) is 6.47. The summed E-state index contributed by atoms with van der Waals surface area (Å²) >= 11 is 0. The van der Waals surface area contributed by atoms with Gasteiger partial charge in [-0.05, 0) is 129 Å². The Balaban J connectivity index is 1.32. The summed E-state index contributed by atoms with van der Waals surface area (Å²) in [7, 11) is -3.62. The van der Waals surface area contributed by atoms with Crippen molar-refractivity contribution in [3.8, 4) is 0 Å². The minimum Gasteiger partial charge on any atom is -0.348 e. The van der Waals surface area contributed by atoms with Crippen molar-refractivity contribution in [3.63, 3.8) is 0 Å². The lowest BCUT2D eigenvalue weighted by Gasteiger charge is -2.57. The SMILES string of the molecule is Cc1cc(C)c([C@@H](C)NC(=O)CN(c2ccc(C34CC5CC(CC(C5)C3)C4)cc2)S(C)(=O)=O)cc1C. The predicted octanol–water partition coefficient (Wildman–Crippen LogP) is 5.72. The number of benzene rings is 2. The van der Waals surface area contributed by atoms with Gasteiger partial charge >= 0.3 is 0 Å². The maximum absolute atomic E-state index is 13.0. The first-order valence-corrected chi connectivity index (χ1v) is 15.2. The van der Waals surface area contributed by atoms with Crippen molar-refractivity contribution in [2.45, 2.75) is 77.7 Å².